The zero-order valence-corrected chi connectivity index (χ0v) is 14.5. The van der Waals surface area contributed by atoms with Gasteiger partial charge in [0.1, 0.15) is 0 Å². The summed E-state index contributed by atoms with van der Waals surface area (Å²) in [5.74, 6) is -0.245. The van der Waals surface area contributed by atoms with Gasteiger partial charge in [0.05, 0.1) is 0 Å². The van der Waals surface area contributed by atoms with Crippen molar-refractivity contribution in [3.8, 4) is 11.4 Å². The number of nitrogens with one attached hydrogen (secondary N) is 1. The highest BCUT2D eigenvalue weighted by molar-refractivity contribution is 9.10. The first kappa shape index (κ1) is 15.6. The predicted octanol–water partition coefficient (Wildman–Crippen LogP) is 3.61. The molecule has 0 saturated carbocycles. The van der Waals surface area contributed by atoms with Crippen LogP contribution in [-0.4, -0.2) is 21.0 Å². The summed E-state index contributed by atoms with van der Waals surface area (Å²) in [6.45, 7) is 0.621. The molecule has 0 aliphatic carbocycles. The quantitative estimate of drug-likeness (QED) is 0.533. The lowest BCUT2D eigenvalue weighted by atomic mass is 10.1. The number of aromatic amines is 1. The fourth-order valence-corrected chi connectivity index (χ4v) is 3.10. The Balaban J connectivity index is 1.83. The van der Waals surface area contributed by atoms with Gasteiger partial charge in [0, 0.05) is 39.2 Å². The van der Waals surface area contributed by atoms with E-state index in [1.54, 1.807) is 6.07 Å². The van der Waals surface area contributed by atoms with Crippen LogP contribution in [0, 0.1) is 0 Å². The largest absolute Gasteiger partial charge is 0.439 e. The average Bonchev–Trinajstić information content (AvgIpc) is 3.20. The van der Waals surface area contributed by atoms with E-state index < -0.39 is 5.76 Å². The fraction of sp³-hybridized carbons (Fsp3) is 0.0556. The van der Waals surface area contributed by atoms with Crippen molar-refractivity contribution in [3.63, 3.8) is 0 Å². The van der Waals surface area contributed by atoms with E-state index in [0.717, 1.165) is 27.2 Å². The number of carbonyl (C=O) groups excluding carboxylic acids is 1. The topological polar surface area (TPSA) is 80.9 Å². The van der Waals surface area contributed by atoms with E-state index in [0.29, 0.717) is 23.5 Å². The summed E-state index contributed by atoms with van der Waals surface area (Å²) in [7, 11) is 0. The first-order valence-corrected chi connectivity index (χ1v) is 8.32. The third kappa shape index (κ3) is 2.94. The van der Waals surface area contributed by atoms with Gasteiger partial charge < -0.3 is 4.57 Å². The molecule has 2 aromatic carbocycles. The number of hydrogen-bond acceptors (Lipinski definition) is 4. The molecule has 25 heavy (non-hydrogen) atoms. The highest BCUT2D eigenvalue weighted by Gasteiger charge is 2.12. The summed E-state index contributed by atoms with van der Waals surface area (Å²) < 4.78 is 7.58. The van der Waals surface area contributed by atoms with Gasteiger partial charge >= 0.3 is 5.76 Å². The molecule has 2 heterocycles. The Labute approximate surface area is 150 Å². The number of fused-ring (bicyclic) bond motifs is 1. The Morgan fingerprint density at radius 1 is 1.20 bits per heavy atom. The minimum atomic E-state index is -0.603. The van der Waals surface area contributed by atoms with Gasteiger partial charge in [0.25, 0.3) is 0 Å². The molecule has 0 fully saturated rings. The molecule has 0 amide bonds. The van der Waals surface area contributed by atoms with Crippen molar-refractivity contribution in [2.45, 2.75) is 6.54 Å². The number of halogens is 1. The summed E-state index contributed by atoms with van der Waals surface area (Å²) >= 11 is 3.43. The van der Waals surface area contributed by atoms with Crippen molar-refractivity contribution in [1.82, 2.24) is 14.7 Å². The van der Waals surface area contributed by atoms with Crippen LogP contribution in [0.25, 0.3) is 22.3 Å². The van der Waals surface area contributed by atoms with Crippen molar-refractivity contribution in [2.24, 2.45) is 0 Å². The highest BCUT2D eigenvalue weighted by Crippen LogP contribution is 2.26. The molecule has 2 aromatic heterocycles. The Hall–Kier alpha value is -2.93. The number of nitrogens with zero attached hydrogens (tertiary/aromatic N) is 2. The van der Waals surface area contributed by atoms with Crippen molar-refractivity contribution in [1.29, 1.82) is 0 Å². The minimum Gasteiger partial charge on any atom is -0.342 e. The smallest absolute Gasteiger partial charge is 0.342 e. The first-order chi connectivity index (χ1) is 12.1. The summed E-state index contributed by atoms with van der Waals surface area (Å²) in [5.41, 5.74) is 3.32. The van der Waals surface area contributed by atoms with E-state index in [4.69, 9.17) is 0 Å². The zero-order valence-electron chi connectivity index (χ0n) is 12.9. The SMILES string of the molecule is O=Cc1cn(Cc2ccc(Br)cc2)c2cc(-c3noc(=O)[nH]3)ccc12. The molecule has 0 aliphatic heterocycles. The molecule has 4 rings (SSSR count). The van der Waals surface area contributed by atoms with Crippen LogP contribution in [-0.2, 0) is 6.54 Å². The molecule has 0 bridgehead atoms. The Bertz CT molecular complexity index is 1120. The van der Waals surface area contributed by atoms with Crippen molar-refractivity contribution in [3.05, 3.63) is 74.8 Å². The van der Waals surface area contributed by atoms with Crippen molar-refractivity contribution < 1.29 is 9.32 Å². The molecule has 4 aromatic rings. The standard InChI is InChI=1S/C18H12BrN3O3/c19-14-4-1-11(2-5-14)8-22-9-13(10-23)15-6-3-12(7-16(15)22)17-20-18(24)25-21-17/h1-7,9-10H,8H2,(H,20,21,24). The van der Waals surface area contributed by atoms with Gasteiger partial charge in [0.2, 0.25) is 0 Å². The lowest BCUT2D eigenvalue weighted by Crippen LogP contribution is -1.98. The lowest BCUT2D eigenvalue weighted by molar-refractivity contribution is 0.112. The molecule has 0 atom stereocenters. The van der Waals surface area contributed by atoms with Crippen LogP contribution in [0.15, 0.2) is 62.5 Å². The van der Waals surface area contributed by atoms with Gasteiger partial charge in [-0.15, -0.1) is 0 Å². The van der Waals surface area contributed by atoms with E-state index in [-0.39, 0.29) is 0 Å². The molecule has 1 N–H and O–H groups in total. The van der Waals surface area contributed by atoms with Crippen LogP contribution >= 0.6 is 15.9 Å². The maximum absolute atomic E-state index is 11.4. The number of H-pyrrole nitrogens is 1. The van der Waals surface area contributed by atoms with E-state index in [1.165, 1.54) is 0 Å². The molecular weight excluding hydrogens is 386 g/mol. The zero-order chi connectivity index (χ0) is 17.4. The molecule has 0 aliphatic rings. The van der Waals surface area contributed by atoms with Gasteiger partial charge in [-0.1, -0.05) is 45.4 Å². The Morgan fingerprint density at radius 3 is 2.68 bits per heavy atom. The maximum Gasteiger partial charge on any atom is 0.439 e. The molecule has 0 radical (unpaired) electrons. The normalized spacial score (nSPS) is 11.1. The molecule has 6 nitrogen and oxygen atoms in total. The molecule has 0 unspecified atom stereocenters. The van der Waals surface area contributed by atoms with Gasteiger partial charge in [-0.25, -0.2) is 4.79 Å². The maximum atomic E-state index is 11.4. The van der Waals surface area contributed by atoms with E-state index in [9.17, 15) is 9.59 Å². The van der Waals surface area contributed by atoms with E-state index in [2.05, 4.69) is 30.6 Å². The number of benzene rings is 2. The van der Waals surface area contributed by atoms with Crippen LogP contribution in [0.1, 0.15) is 15.9 Å². The second kappa shape index (κ2) is 6.18. The number of rotatable bonds is 4. The van der Waals surface area contributed by atoms with Crippen LogP contribution in [0.3, 0.4) is 0 Å². The third-order valence-corrected chi connectivity index (χ3v) is 4.55. The van der Waals surface area contributed by atoms with Crippen LogP contribution < -0.4 is 5.76 Å². The lowest BCUT2D eigenvalue weighted by Gasteiger charge is -2.07. The van der Waals surface area contributed by atoms with Crippen LogP contribution in [0.4, 0.5) is 0 Å². The average molecular weight is 398 g/mol. The molecule has 0 saturated heterocycles. The van der Waals surface area contributed by atoms with Gasteiger partial charge in [-0.3, -0.25) is 14.3 Å². The Kier molecular flexibility index (Phi) is 3.85. The summed E-state index contributed by atoms with van der Waals surface area (Å²) in [6.07, 6.45) is 2.67. The predicted molar refractivity (Wildman–Crippen MR) is 96.7 cm³/mol. The molecule has 124 valence electrons. The monoisotopic (exact) mass is 397 g/mol. The summed E-state index contributed by atoms with van der Waals surface area (Å²) in [6, 6.07) is 13.5. The van der Waals surface area contributed by atoms with Crippen molar-refractivity contribution >= 4 is 33.1 Å². The van der Waals surface area contributed by atoms with Crippen LogP contribution in [0.5, 0.6) is 0 Å². The van der Waals surface area contributed by atoms with E-state index in [1.807, 2.05) is 47.2 Å². The van der Waals surface area contributed by atoms with Gasteiger partial charge in [-0.05, 0) is 23.8 Å². The number of hydrogen-bond donors (Lipinski definition) is 1. The number of carbonyl (C=O) groups is 1. The fourth-order valence-electron chi connectivity index (χ4n) is 2.83. The summed E-state index contributed by atoms with van der Waals surface area (Å²) in [4.78, 5) is 25.1. The molecular formula is C18H12BrN3O3. The molecule has 7 heteroatoms. The second-order valence-corrected chi connectivity index (χ2v) is 6.55. The van der Waals surface area contributed by atoms with Gasteiger partial charge in [0.15, 0.2) is 12.1 Å². The summed E-state index contributed by atoms with van der Waals surface area (Å²) in [5, 5.41) is 4.56. The highest BCUT2D eigenvalue weighted by atomic mass is 79.9. The second-order valence-electron chi connectivity index (χ2n) is 5.63. The van der Waals surface area contributed by atoms with E-state index >= 15 is 0 Å². The minimum absolute atomic E-state index is 0.357. The number of aldehydes is 1. The first-order valence-electron chi connectivity index (χ1n) is 7.53. The third-order valence-electron chi connectivity index (χ3n) is 4.02. The molecule has 0 spiro atoms. The van der Waals surface area contributed by atoms with Gasteiger partial charge in [-0.2, -0.15) is 0 Å². The van der Waals surface area contributed by atoms with Crippen molar-refractivity contribution in [2.75, 3.05) is 0 Å². The Morgan fingerprint density at radius 2 is 2.00 bits per heavy atom. The van der Waals surface area contributed by atoms with Crippen LogP contribution in [0.2, 0.25) is 0 Å². The number of aromatic nitrogens is 3.